The van der Waals surface area contributed by atoms with Gasteiger partial charge in [0.2, 0.25) is 5.91 Å². The van der Waals surface area contributed by atoms with Crippen molar-refractivity contribution >= 4 is 17.6 Å². The Morgan fingerprint density at radius 3 is 2.38 bits per heavy atom. The lowest BCUT2D eigenvalue weighted by molar-refractivity contribution is -0.147. The van der Waals surface area contributed by atoms with Crippen molar-refractivity contribution in [3.63, 3.8) is 0 Å². The fourth-order valence-corrected chi connectivity index (χ4v) is 4.00. The van der Waals surface area contributed by atoms with Gasteiger partial charge in [-0.15, -0.1) is 0 Å². The maximum absolute atomic E-state index is 13.1. The number of likely N-dealkylation sites (tertiary alicyclic amines) is 2. The molecular formula is C19H27N3O2. The SMILES string of the molecule is Cc1ccc(NC(=O)N2CCCC23CCCN(C(C)C)C3=O)cc1. The highest BCUT2D eigenvalue weighted by Gasteiger charge is 2.53. The molecular weight excluding hydrogens is 302 g/mol. The highest BCUT2D eigenvalue weighted by Crippen LogP contribution is 2.39. The molecule has 3 amide bonds. The van der Waals surface area contributed by atoms with Gasteiger partial charge in [-0.3, -0.25) is 4.79 Å². The Kier molecular flexibility index (Phi) is 4.52. The molecule has 1 atom stereocenters. The summed E-state index contributed by atoms with van der Waals surface area (Å²) in [5, 5.41) is 2.96. The van der Waals surface area contributed by atoms with Crippen molar-refractivity contribution in [2.24, 2.45) is 0 Å². The maximum Gasteiger partial charge on any atom is 0.322 e. The molecule has 2 fully saturated rings. The predicted octanol–water partition coefficient (Wildman–Crippen LogP) is 3.39. The van der Waals surface area contributed by atoms with Gasteiger partial charge in [-0.05, 0) is 58.6 Å². The summed E-state index contributed by atoms with van der Waals surface area (Å²) >= 11 is 0. The first-order valence-corrected chi connectivity index (χ1v) is 8.90. The van der Waals surface area contributed by atoms with Gasteiger partial charge in [0.05, 0.1) is 0 Å². The molecule has 1 aromatic rings. The molecule has 130 valence electrons. The molecule has 5 nitrogen and oxygen atoms in total. The Bertz CT molecular complexity index is 626. The Morgan fingerprint density at radius 2 is 1.75 bits per heavy atom. The molecule has 5 heteroatoms. The smallest absolute Gasteiger partial charge is 0.322 e. The first kappa shape index (κ1) is 16.8. The van der Waals surface area contributed by atoms with E-state index in [1.54, 1.807) is 4.90 Å². The van der Waals surface area contributed by atoms with Crippen LogP contribution in [-0.4, -0.2) is 46.4 Å². The lowest BCUT2D eigenvalue weighted by Gasteiger charge is -2.45. The molecule has 2 aliphatic rings. The summed E-state index contributed by atoms with van der Waals surface area (Å²) in [6, 6.07) is 7.77. The van der Waals surface area contributed by atoms with E-state index in [2.05, 4.69) is 5.32 Å². The van der Waals surface area contributed by atoms with E-state index in [0.717, 1.165) is 43.5 Å². The van der Waals surface area contributed by atoms with Gasteiger partial charge in [-0.2, -0.15) is 0 Å². The number of nitrogens with one attached hydrogen (secondary N) is 1. The van der Waals surface area contributed by atoms with Crippen LogP contribution in [0.1, 0.15) is 45.1 Å². The highest BCUT2D eigenvalue weighted by molar-refractivity contribution is 5.97. The van der Waals surface area contributed by atoms with Gasteiger partial charge in [0.1, 0.15) is 5.54 Å². The zero-order valence-corrected chi connectivity index (χ0v) is 14.8. The van der Waals surface area contributed by atoms with Crippen molar-refractivity contribution in [1.82, 2.24) is 9.80 Å². The van der Waals surface area contributed by atoms with Gasteiger partial charge in [-0.1, -0.05) is 17.7 Å². The number of amides is 3. The number of anilines is 1. The predicted molar refractivity (Wildman–Crippen MR) is 95.0 cm³/mol. The van der Waals surface area contributed by atoms with Crippen LogP contribution in [0.3, 0.4) is 0 Å². The number of urea groups is 1. The van der Waals surface area contributed by atoms with Crippen LogP contribution in [0.25, 0.3) is 0 Å². The van der Waals surface area contributed by atoms with E-state index in [9.17, 15) is 9.59 Å². The molecule has 0 aromatic heterocycles. The fourth-order valence-electron chi connectivity index (χ4n) is 4.00. The number of hydrogen-bond donors (Lipinski definition) is 1. The topological polar surface area (TPSA) is 52.7 Å². The van der Waals surface area contributed by atoms with E-state index in [1.165, 1.54) is 0 Å². The van der Waals surface area contributed by atoms with Gasteiger partial charge in [0.15, 0.2) is 0 Å². The van der Waals surface area contributed by atoms with Crippen LogP contribution in [0.4, 0.5) is 10.5 Å². The van der Waals surface area contributed by atoms with Gasteiger partial charge in [0, 0.05) is 24.8 Å². The molecule has 0 radical (unpaired) electrons. The molecule has 0 saturated carbocycles. The first-order valence-electron chi connectivity index (χ1n) is 8.90. The number of nitrogens with zero attached hydrogens (tertiary/aromatic N) is 2. The van der Waals surface area contributed by atoms with Gasteiger partial charge < -0.3 is 15.1 Å². The third-order valence-electron chi connectivity index (χ3n) is 5.31. The summed E-state index contributed by atoms with van der Waals surface area (Å²) in [5.41, 5.74) is 1.29. The molecule has 2 heterocycles. The van der Waals surface area contributed by atoms with Crippen molar-refractivity contribution in [3.05, 3.63) is 29.8 Å². The molecule has 0 aliphatic carbocycles. The van der Waals surface area contributed by atoms with Gasteiger partial charge >= 0.3 is 6.03 Å². The molecule has 1 unspecified atom stereocenters. The van der Waals surface area contributed by atoms with Crippen molar-refractivity contribution in [2.75, 3.05) is 18.4 Å². The molecule has 2 saturated heterocycles. The number of benzene rings is 1. The molecule has 0 bridgehead atoms. The minimum Gasteiger partial charge on any atom is -0.338 e. The van der Waals surface area contributed by atoms with Crippen LogP contribution >= 0.6 is 0 Å². The normalized spacial score (nSPS) is 24.1. The number of carbonyl (C=O) groups excluding carboxylic acids is 2. The minimum atomic E-state index is -0.642. The van der Waals surface area contributed by atoms with Crippen LogP contribution < -0.4 is 5.32 Å². The van der Waals surface area contributed by atoms with Crippen LogP contribution in [0, 0.1) is 6.92 Å². The highest BCUT2D eigenvalue weighted by atomic mass is 16.2. The van der Waals surface area contributed by atoms with Crippen LogP contribution in [0.15, 0.2) is 24.3 Å². The summed E-state index contributed by atoms with van der Waals surface area (Å²) in [4.78, 5) is 29.7. The van der Waals surface area contributed by atoms with E-state index in [0.29, 0.717) is 6.54 Å². The average Bonchev–Trinajstić information content (AvgIpc) is 2.97. The Balaban J connectivity index is 1.80. The molecule has 2 aliphatic heterocycles. The quantitative estimate of drug-likeness (QED) is 0.904. The monoisotopic (exact) mass is 329 g/mol. The summed E-state index contributed by atoms with van der Waals surface area (Å²) < 4.78 is 0. The van der Waals surface area contributed by atoms with E-state index < -0.39 is 5.54 Å². The Morgan fingerprint density at radius 1 is 1.12 bits per heavy atom. The van der Waals surface area contributed by atoms with E-state index in [1.807, 2.05) is 49.9 Å². The van der Waals surface area contributed by atoms with Crippen LogP contribution in [0.2, 0.25) is 0 Å². The third-order valence-corrected chi connectivity index (χ3v) is 5.31. The van der Waals surface area contributed by atoms with E-state index in [-0.39, 0.29) is 18.0 Å². The fraction of sp³-hybridized carbons (Fsp3) is 0.579. The lowest BCUT2D eigenvalue weighted by Crippen LogP contribution is -2.63. The Hall–Kier alpha value is -2.04. The van der Waals surface area contributed by atoms with Gasteiger partial charge in [0.25, 0.3) is 0 Å². The van der Waals surface area contributed by atoms with Crippen molar-refractivity contribution in [1.29, 1.82) is 0 Å². The van der Waals surface area contributed by atoms with E-state index >= 15 is 0 Å². The summed E-state index contributed by atoms with van der Waals surface area (Å²) in [7, 11) is 0. The molecule has 3 rings (SSSR count). The first-order chi connectivity index (χ1) is 11.4. The van der Waals surface area contributed by atoms with Crippen LogP contribution in [-0.2, 0) is 4.79 Å². The second-order valence-corrected chi connectivity index (χ2v) is 7.28. The largest absolute Gasteiger partial charge is 0.338 e. The molecule has 1 aromatic carbocycles. The van der Waals surface area contributed by atoms with Crippen molar-refractivity contribution < 1.29 is 9.59 Å². The standard InChI is InChI=1S/C19H27N3O2/c1-14(2)21-12-4-10-19(17(21)23)11-5-13-22(19)18(24)20-16-8-6-15(3)7-9-16/h6-9,14H,4-5,10-13H2,1-3H3,(H,20,24). The number of hydrogen-bond acceptors (Lipinski definition) is 2. The summed E-state index contributed by atoms with van der Waals surface area (Å²) in [5.74, 6) is 0.125. The molecule has 1 N–H and O–H groups in total. The van der Waals surface area contributed by atoms with Crippen LogP contribution in [0.5, 0.6) is 0 Å². The maximum atomic E-state index is 13.1. The minimum absolute atomic E-state index is 0.125. The van der Waals surface area contributed by atoms with Crippen molar-refractivity contribution in [2.45, 2.75) is 58.0 Å². The summed E-state index contributed by atoms with van der Waals surface area (Å²) in [6.07, 6.45) is 3.39. The Labute approximate surface area is 144 Å². The molecule has 24 heavy (non-hydrogen) atoms. The molecule has 1 spiro atoms. The third kappa shape index (κ3) is 2.87. The lowest BCUT2D eigenvalue weighted by atomic mass is 9.85. The summed E-state index contributed by atoms with van der Waals surface area (Å²) in [6.45, 7) is 7.55. The number of aryl methyl sites for hydroxylation is 1. The number of carbonyl (C=O) groups is 2. The number of rotatable bonds is 2. The van der Waals surface area contributed by atoms with Crippen molar-refractivity contribution in [3.8, 4) is 0 Å². The zero-order chi connectivity index (χ0) is 17.3. The number of piperidine rings is 1. The van der Waals surface area contributed by atoms with Gasteiger partial charge in [-0.25, -0.2) is 4.79 Å². The zero-order valence-electron chi connectivity index (χ0n) is 14.8. The second kappa shape index (κ2) is 6.46. The van der Waals surface area contributed by atoms with E-state index in [4.69, 9.17) is 0 Å². The second-order valence-electron chi connectivity index (χ2n) is 7.28. The average molecular weight is 329 g/mol.